The monoisotopic (exact) mass is 291 g/mol. The van der Waals surface area contributed by atoms with Crippen molar-refractivity contribution in [3.8, 4) is 16.6 Å². The summed E-state index contributed by atoms with van der Waals surface area (Å²) in [5, 5.41) is 0.358. The molecule has 0 aliphatic heterocycles. The zero-order chi connectivity index (χ0) is 14.0. The van der Waals surface area contributed by atoms with Gasteiger partial charge >= 0.3 is 6.36 Å². The molecule has 0 spiro atoms. The molecule has 0 amide bonds. The van der Waals surface area contributed by atoms with Gasteiger partial charge in [-0.2, -0.15) is 0 Å². The quantitative estimate of drug-likeness (QED) is 0.872. The molecule has 102 valence electrons. The number of ether oxygens (including phenoxy) is 2. The molecule has 0 saturated heterocycles. The number of alkyl halides is 3. The first kappa shape index (κ1) is 13.5. The molecule has 0 atom stereocenters. The van der Waals surface area contributed by atoms with Gasteiger partial charge in [0.15, 0.2) is 0 Å². The van der Waals surface area contributed by atoms with Gasteiger partial charge in [-0.25, -0.2) is 0 Å². The molecule has 0 aliphatic rings. The summed E-state index contributed by atoms with van der Waals surface area (Å²) < 4.78 is 46.3. The summed E-state index contributed by atoms with van der Waals surface area (Å²) in [6.45, 7) is 0. The Kier molecular flexibility index (Phi) is 3.52. The summed E-state index contributed by atoms with van der Waals surface area (Å²) >= 11 is 1.09. The molecule has 1 aromatic heterocycles. The summed E-state index contributed by atoms with van der Waals surface area (Å²) in [6.07, 6.45) is -4.72. The predicted molar refractivity (Wildman–Crippen MR) is 62.8 cm³/mol. The van der Waals surface area contributed by atoms with Crippen molar-refractivity contribution in [2.45, 2.75) is 6.36 Å². The van der Waals surface area contributed by atoms with Crippen LogP contribution in [0, 0.1) is 0 Å². The van der Waals surface area contributed by atoms with E-state index in [1.165, 1.54) is 22.2 Å². The van der Waals surface area contributed by atoms with Gasteiger partial charge in [0.2, 0.25) is 5.06 Å². The van der Waals surface area contributed by atoms with E-state index >= 15 is 0 Å². The van der Waals surface area contributed by atoms with Crippen LogP contribution in [0.4, 0.5) is 13.2 Å². The molecular weight excluding hydrogens is 283 g/mol. The molecule has 0 saturated carbocycles. The normalized spacial score (nSPS) is 11.4. The third-order valence-corrected chi connectivity index (χ3v) is 2.89. The fourth-order valence-electron chi connectivity index (χ4n) is 1.27. The maximum Gasteiger partial charge on any atom is 0.573 e. The molecule has 0 aliphatic carbocycles. The van der Waals surface area contributed by atoms with E-state index in [4.69, 9.17) is 4.74 Å². The summed E-state index contributed by atoms with van der Waals surface area (Å²) in [6, 6.07) is 6.21. The lowest BCUT2D eigenvalue weighted by Crippen LogP contribution is -2.16. The molecule has 0 bridgehead atoms. The second-order valence-electron chi connectivity index (χ2n) is 3.51. The van der Waals surface area contributed by atoms with Crippen LogP contribution in [0.5, 0.6) is 16.6 Å². The highest BCUT2D eigenvalue weighted by Gasteiger charge is 2.30. The Labute approximate surface area is 109 Å². The van der Waals surface area contributed by atoms with Gasteiger partial charge in [0, 0.05) is 7.05 Å². The first-order chi connectivity index (χ1) is 8.83. The van der Waals surface area contributed by atoms with E-state index in [1.807, 2.05) is 0 Å². The highest BCUT2D eigenvalue weighted by Crippen LogP contribution is 2.28. The minimum atomic E-state index is -4.72. The van der Waals surface area contributed by atoms with Gasteiger partial charge in [-0.3, -0.25) is 8.75 Å². The lowest BCUT2D eigenvalue weighted by atomic mass is 10.3. The van der Waals surface area contributed by atoms with Crippen LogP contribution >= 0.6 is 11.5 Å². The minimum absolute atomic E-state index is 0.211. The Morgan fingerprint density at radius 1 is 1.16 bits per heavy atom. The van der Waals surface area contributed by atoms with Gasteiger partial charge in [0.05, 0.1) is 6.07 Å². The maximum atomic E-state index is 11.9. The molecular formula is C11H8F3NO3S. The highest BCUT2D eigenvalue weighted by molar-refractivity contribution is 7.08. The van der Waals surface area contributed by atoms with Crippen LogP contribution in [-0.4, -0.2) is 10.3 Å². The van der Waals surface area contributed by atoms with Gasteiger partial charge < -0.3 is 9.47 Å². The number of benzene rings is 1. The maximum absolute atomic E-state index is 11.9. The predicted octanol–water partition coefficient (Wildman–Crippen LogP) is 3.14. The Bertz CT molecular complexity index is 615. The summed E-state index contributed by atoms with van der Waals surface area (Å²) in [4.78, 5) is 11.2. The van der Waals surface area contributed by atoms with Crippen molar-refractivity contribution in [2.75, 3.05) is 0 Å². The van der Waals surface area contributed by atoms with Crippen LogP contribution < -0.4 is 15.0 Å². The van der Waals surface area contributed by atoms with E-state index in [1.54, 1.807) is 7.05 Å². The number of halogens is 3. The highest BCUT2D eigenvalue weighted by atomic mass is 32.1. The fourth-order valence-corrected chi connectivity index (χ4v) is 1.97. The van der Waals surface area contributed by atoms with E-state index in [-0.39, 0.29) is 11.3 Å². The molecule has 1 aromatic carbocycles. The molecule has 19 heavy (non-hydrogen) atoms. The third kappa shape index (κ3) is 3.75. The molecule has 1 heterocycles. The van der Waals surface area contributed by atoms with Crippen LogP contribution in [-0.2, 0) is 7.05 Å². The smallest absolute Gasteiger partial charge is 0.445 e. The number of rotatable bonds is 3. The van der Waals surface area contributed by atoms with Crippen molar-refractivity contribution < 1.29 is 22.6 Å². The van der Waals surface area contributed by atoms with Gasteiger partial charge in [0.25, 0.3) is 5.56 Å². The topological polar surface area (TPSA) is 40.5 Å². The molecule has 0 unspecified atom stereocenters. The molecule has 2 rings (SSSR count). The van der Waals surface area contributed by atoms with E-state index < -0.39 is 6.36 Å². The van der Waals surface area contributed by atoms with Crippen LogP contribution in [0.2, 0.25) is 0 Å². The molecule has 0 radical (unpaired) electrons. The lowest BCUT2D eigenvalue weighted by molar-refractivity contribution is -0.274. The van der Waals surface area contributed by atoms with Crippen LogP contribution in [0.15, 0.2) is 35.1 Å². The second kappa shape index (κ2) is 4.96. The Morgan fingerprint density at radius 2 is 1.74 bits per heavy atom. The SMILES string of the molecule is Cn1sc(Oc2ccc(OC(F)(F)F)cc2)cc1=O. The zero-order valence-corrected chi connectivity index (χ0v) is 10.4. The first-order valence-corrected chi connectivity index (χ1v) is 5.82. The third-order valence-electron chi connectivity index (χ3n) is 2.05. The van der Waals surface area contributed by atoms with Crippen molar-refractivity contribution in [3.63, 3.8) is 0 Å². The molecule has 4 nitrogen and oxygen atoms in total. The van der Waals surface area contributed by atoms with E-state index in [9.17, 15) is 18.0 Å². The number of hydrogen-bond acceptors (Lipinski definition) is 4. The van der Waals surface area contributed by atoms with Crippen molar-refractivity contribution in [2.24, 2.45) is 7.05 Å². The number of hydrogen-bond donors (Lipinski definition) is 0. The molecule has 8 heteroatoms. The van der Waals surface area contributed by atoms with E-state index in [0.717, 1.165) is 23.7 Å². The average molecular weight is 291 g/mol. The van der Waals surface area contributed by atoms with E-state index in [2.05, 4.69) is 4.74 Å². The second-order valence-corrected chi connectivity index (χ2v) is 4.64. The van der Waals surface area contributed by atoms with Gasteiger partial charge in [-0.05, 0) is 35.8 Å². The Morgan fingerprint density at radius 3 is 2.21 bits per heavy atom. The Balaban J connectivity index is 2.08. The largest absolute Gasteiger partial charge is 0.573 e. The zero-order valence-electron chi connectivity index (χ0n) is 9.60. The molecule has 0 fully saturated rings. The van der Waals surface area contributed by atoms with Crippen LogP contribution in [0.25, 0.3) is 0 Å². The number of aryl methyl sites for hydroxylation is 1. The van der Waals surface area contributed by atoms with Crippen molar-refractivity contribution in [1.82, 2.24) is 3.96 Å². The first-order valence-electron chi connectivity index (χ1n) is 5.04. The van der Waals surface area contributed by atoms with Gasteiger partial charge in [-0.1, -0.05) is 0 Å². The number of nitrogens with zero attached hydrogens (tertiary/aromatic N) is 1. The average Bonchev–Trinajstić information content (AvgIpc) is 2.59. The van der Waals surface area contributed by atoms with Crippen LogP contribution in [0.3, 0.4) is 0 Å². The summed E-state index contributed by atoms with van der Waals surface area (Å²) in [5.41, 5.74) is -0.211. The van der Waals surface area contributed by atoms with Crippen molar-refractivity contribution in [3.05, 3.63) is 40.7 Å². The Hall–Kier alpha value is -1.96. The summed E-state index contributed by atoms with van der Waals surface area (Å²) in [5.74, 6) is -0.0162. The van der Waals surface area contributed by atoms with Crippen molar-refractivity contribution in [1.29, 1.82) is 0 Å². The fraction of sp³-hybridized carbons (Fsp3) is 0.182. The molecule has 0 N–H and O–H groups in total. The number of aromatic nitrogens is 1. The van der Waals surface area contributed by atoms with Crippen molar-refractivity contribution >= 4 is 11.5 Å². The van der Waals surface area contributed by atoms with E-state index in [0.29, 0.717) is 10.8 Å². The molecule has 2 aromatic rings. The minimum Gasteiger partial charge on any atom is -0.445 e. The summed E-state index contributed by atoms with van der Waals surface area (Å²) in [7, 11) is 1.58. The lowest BCUT2D eigenvalue weighted by Gasteiger charge is -2.09. The van der Waals surface area contributed by atoms with Gasteiger partial charge in [0.1, 0.15) is 11.5 Å². The van der Waals surface area contributed by atoms with Gasteiger partial charge in [-0.15, -0.1) is 13.2 Å². The van der Waals surface area contributed by atoms with Crippen LogP contribution in [0.1, 0.15) is 0 Å². The standard InChI is InChI=1S/C11H8F3NO3S/c1-15-9(16)6-10(19-15)17-7-2-4-8(5-3-7)18-11(12,13)14/h2-6H,1H3.